The molecule has 0 bridgehead atoms. The van der Waals surface area contributed by atoms with E-state index < -0.39 is 0 Å². The quantitative estimate of drug-likeness (QED) is 0.711. The zero-order chi connectivity index (χ0) is 10.8. The maximum atomic E-state index is 3.84. The van der Waals surface area contributed by atoms with Crippen molar-refractivity contribution in [1.29, 1.82) is 0 Å². The molecule has 0 aliphatic heterocycles. The second-order valence-corrected chi connectivity index (χ2v) is 6.35. The smallest absolute Gasteiger partial charge is 0.0176 e. The Labute approximate surface area is 89.7 Å². The van der Waals surface area contributed by atoms with Crippen LogP contribution in [0, 0.1) is 5.41 Å². The van der Waals surface area contributed by atoms with Crippen LogP contribution in [0.5, 0.6) is 0 Å². The molecule has 0 amide bonds. The van der Waals surface area contributed by atoms with Gasteiger partial charge in [-0.15, -0.1) is 0 Å². The van der Waals surface area contributed by atoms with Gasteiger partial charge in [0.1, 0.15) is 0 Å². The second-order valence-electron chi connectivity index (χ2n) is 6.35. The van der Waals surface area contributed by atoms with Crippen LogP contribution in [0.3, 0.4) is 0 Å². The fourth-order valence-electron chi connectivity index (χ4n) is 1.97. The monoisotopic (exact) mass is 197 g/mol. The molecule has 0 atom stereocenters. The van der Waals surface area contributed by atoms with Crippen LogP contribution in [0.25, 0.3) is 0 Å². The minimum atomic E-state index is 0.245. The van der Waals surface area contributed by atoms with Gasteiger partial charge in [0.2, 0.25) is 0 Å². The lowest BCUT2D eigenvalue weighted by molar-refractivity contribution is 0.145. The van der Waals surface area contributed by atoms with E-state index in [-0.39, 0.29) is 5.54 Å². The van der Waals surface area contributed by atoms with Crippen molar-refractivity contribution in [1.82, 2.24) is 5.32 Å². The molecule has 0 aromatic heterocycles. The van der Waals surface area contributed by atoms with Crippen LogP contribution < -0.4 is 5.32 Å². The molecule has 0 aromatic rings. The lowest BCUT2D eigenvalue weighted by Gasteiger charge is -2.43. The van der Waals surface area contributed by atoms with Crippen LogP contribution >= 0.6 is 0 Å². The van der Waals surface area contributed by atoms with E-state index in [1.807, 2.05) is 0 Å². The summed E-state index contributed by atoms with van der Waals surface area (Å²) in [7, 11) is 0. The second kappa shape index (κ2) is 4.22. The van der Waals surface area contributed by atoms with Crippen molar-refractivity contribution in [3.8, 4) is 0 Å². The van der Waals surface area contributed by atoms with Gasteiger partial charge in [-0.05, 0) is 32.1 Å². The minimum absolute atomic E-state index is 0.245. The van der Waals surface area contributed by atoms with Crippen molar-refractivity contribution < 1.29 is 0 Å². The zero-order valence-corrected chi connectivity index (χ0v) is 10.6. The van der Waals surface area contributed by atoms with Crippen molar-refractivity contribution in [3.05, 3.63) is 0 Å². The Kier molecular flexibility index (Phi) is 3.63. The summed E-state index contributed by atoms with van der Waals surface area (Å²) in [5.41, 5.74) is 0.583. The van der Waals surface area contributed by atoms with Crippen LogP contribution in [-0.4, -0.2) is 11.6 Å². The maximum Gasteiger partial charge on any atom is 0.0176 e. The lowest BCUT2D eigenvalue weighted by Crippen LogP contribution is -2.54. The largest absolute Gasteiger partial charge is 0.309 e. The summed E-state index contributed by atoms with van der Waals surface area (Å²) in [6, 6.07) is 0.762. The zero-order valence-electron chi connectivity index (χ0n) is 10.6. The van der Waals surface area contributed by atoms with E-state index in [1.165, 1.54) is 32.1 Å². The highest BCUT2D eigenvalue weighted by Gasteiger charge is 2.34. The predicted octanol–water partition coefficient (Wildman–Crippen LogP) is 3.73. The molecule has 0 radical (unpaired) electrons. The molecule has 1 heteroatoms. The molecule has 0 unspecified atom stereocenters. The number of rotatable bonds is 2. The summed E-state index contributed by atoms with van der Waals surface area (Å²) in [5, 5.41) is 3.84. The Morgan fingerprint density at radius 2 is 1.36 bits per heavy atom. The molecule has 1 rings (SSSR count). The molecule has 1 fully saturated rings. The van der Waals surface area contributed by atoms with Crippen molar-refractivity contribution in [2.24, 2.45) is 5.41 Å². The Hall–Kier alpha value is -0.0400. The van der Waals surface area contributed by atoms with E-state index in [4.69, 9.17) is 0 Å². The van der Waals surface area contributed by atoms with Crippen molar-refractivity contribution in [3.63, 3.8) is 0 Å². The van der Waals surface area contributed by atoms with Crippen molar-refractivity contribution in [2.45, 2.75) is 78.3 Å². The number of nitrogens with one attached hydrogen (secondary N) is 1. The first-order chi connectivity index (χ1) is 6.33. The highest BCUT2D eigenvalue weighted by molar-refractivity contribution is 4.93. The van der Waals surface area contributed by atoms with Gasteiger partial charge < -0.3 is 5.32 Å². The first-order valence-electron chi connectivity index (χ1n) is 6.11. The van der Waals surface area contributed by atoms with Crippen LogP contribution in [0.1, 0.15) is 66.7 Å². The molecule has 1 saturated carbocycles. The van der Waals surface area contributed by atoms with E-state index >= 15 is 0 Å². The Balaban J connectivity index is 2.49. The summed E-state index contributed by atoms with van der Waals surface area (Å²) in [4.78, 5) is 0. The van der Waals surface area contributed by atoms with Gasteiger partial charge in [0.25, 0.3) is 0 Å². The molecule has 0 spiro atoms. The summed E-state index contributed by atoms with van der Waals surface area (Å²) in [5.74, 6) is 0. The van der Waals surface area contributed by atoms with Crippen molar-refractivity contribution in [2.75, 3.05) is 0 Å². The predicted molar refractivity (Wildman–Crippen MR) is 63.5 cm³/mol. The molecular weight excluding hydrogens is 170 g/mol. The normalized spacial score (nSPS) is 21.2. The average Bonchev–Trinajstić information content (AvgIpc) is 2.03. The topological polar surface area (TPSA) is 12.0 Å². The fraction of sp³-hybridized carbons (Fsp3) is 1.00. The summed E-state index contributed by atoms with van der Waals surface area (Å²) in [6.45, 7) is 11.6. The molecule has 1 aliphatic carbocycles. The Bertz CT molecular complexity index is 170. The van der Waals surface area contributed by atoms with Gasteiger partial charge in [0.05, 0.1) is 0 Å². The third-order valence-electron chi connectivity index (χ3n) is 4.05. The lowest BCUT2D eigenvalue weighted by atomic mass is 9.75. The molecule has 1 aliphatic rings. The standard InChI is InChI=1S/C13H27N/c1-12(2,3)13(4,5)14-11-9-7-6-8-10-11/h11,14H,6-10H2,1-5H3. The van der Waals surface area contributed by atoms with Gasteiger partial charge >= 0.3 is 0 Å². The van der Waals surface area contributed by atoms with Crippen molar-refractivity contribution >= 4 is 0 Å². The van der Waals surface area contributed by atoms with E-state index in [0.29, 0.717) is 5.41 Å². The van der Waals surface area contributed by atoms with Crippen LogP contribution in [0.4, 0.5) is 0 Å². The van der Waals surface area contributed by atoms with Gasteiger partial charge in [-0.2, -0.15) is 0 Å². The molecule has 14 heavy (non-hydrogen) atoms. The molecule has 0 saturated heterocycles. The first-order valence-corrected chi connectivity index (χ1v) is 6.11. The van der Waals surface area contributed by atoms with E-state index in [9.17, 15) is 0 Å². The van der Waals surface area contributed by atoms with Gasteiger partial charge in [0.15, 0.2) is 0 Å². The summed E-state index contributed by atoms with van der Waals surface area (Å²) >= 11 is 0. The highest BCUT2D eigenvalue weighted by atomic mass is 15.0. The van der Waals surface area contributed by atoms with E-state index in [0.717, 1.165) is 6.04 Å². The Morgan fingerprint density at radius 3 is 1.79 bits per heavy atom. The summed E-state index contributed by atoms with van der Waals surface area (Å²) < 4.78 is 0. The van der Waals surface area contributed by atoms with Crippen LogP contribution in [-0.2, 0) is 0 Å². The molecular formula is C13H27N. The third kappa shape index (κ3) is 2.98. The number of hydrogen-bond donors (Lipinski definition) is 1. The molecule has 84 valence electrons. The van der Waals surface area contributed by atoms with Gasteiger partial charge in [-0.1, -0.05) is 40.0 Å². The average molecular weight is 197 g/mol. The summed E-state index contributed by atoms with van der Waals surface area (Å²) in [6.07, 6.45) is 7.02. The van der Waals surface area contributed by atoms with Gasteiger partial charge in [0, 0.05) is 11.6 Å². The van der Waals surface area contributed by atoms with Crippen LogP contribution in [0.2, 0.25) is 0 Å². The highest BCUT2D eigenvalue weighted by Crippen LogP contribution is 2.31. The SMILES string of the molecule is CC(C)(C)C(C)(C)NC1CCCCC1. The van der Waals surface area contributed by atoms with E-state index in [1.54, 1.807) is 0 Å². The third-order valence-corrected chi connectivity index (χ3v) is 4.05. The minimum Gasteiger partial charge on any atom is -0.309 e. The molecule has 0 heterocycles. The number of hydrogen-bond acceptors (Lipinski definition) is 1. The van der Waals surface area contributed by atoms with Gasteiger partial charge in [-0.3, -0.25) is 0 Å². The molecule has 1 nitrogen and oxygen atoms in total. The Morgan fingerprint density at radius 1 is 0.857 bits per heavy atom. The van der Waals surface area contributed by atoms with Crippen LogP contribution in [0.15, 0.2) is 0 Å². The van der Waals surface area contributed by atoms with Gasteiger partial charge in [-0.25, -0.2) is 0 Å². The van der Waals surface area contributed by atoms with E-state index in [2.05, 4.69) is 39.9 Å². The first kappa shape index (κ1) is 12.0. The fourth-order valence-corrected chi connectivity index (χ4v) is 1.97. The molecule has 0 aromatic carbocycles. The maximum absolute atomic E-state index is 3.84. The molecule has 1 N–H and O–H groups in total.